The van der Waals surface area contributed by atoms with Crippen LogP contribution in [0.3, 0.4) is 0 Å². The van der Waals surface area contributed by atoms with Gasteiger partial charge in [0.2, 0.25) is 5.91 Å². The topological polar surface area (TPSA) is 49.9 Å². The minimum absolute atomic E-state index is 0.119. The number of nitrogens with zero attached hydrogens (tertiary/aromatic N) is 2. The van der Waals surface area contributed by atoms with Crippen molar-refractivity contribution in [1.29, 1.82) is 0 Å². The predicted molar refractivity (Wildman–Crippen MR) is 117 cm³/mol. The molecule has 0 spiro atoms. The van der Waals surface area contributed by atoms with E-state index in [1.807, 2.05) is 60.4 Å². The smallest absolute Gasteiger partial charge is 0.305 e. The second-order valence-corrected chi connectivity index (χ2v) is 6.99. The highest BCUT2D eigenvalue weighted by Crippen LogP contribution is 2.15. The number of carbonyl (C=O) groups excluding carboxylic acids is 2. The molecule has 1 amide bonds. The van der Waals surface area contributed by atoms with Crippen LogP contribution in [-0.4, -0.2) is 50.1 Å². The molecule has 0 bridgehead atoms. The fourth-order valence-corrected chi connectivity index (χ4v) is 3.25. The summed E-state index contributed by atoms with van der Waals surface area (Å²) in [6.07, 6.45) is 2.57. The molecule has 0 heterocycles. The van der Waals surface area contributed by atoms with Crippen molar-refractivity contribution in [2.75, 3.05) is 38.2 Å². The number of rotatable bonds is 12. The molecule has 0 unspecified atom stereocenters. The molecule has 2 aromatic carbocycles. The largest absolute Gasteiger partial charge is 0.469 e. The van der Waals surface area contributed by atoms with Gasteiger partial charge in [0.25, 0.3) is 0 Å². The molecule has 0 aliphatic rings. The fraction of sp³-hybridized carbons (Fsp3) is 0.417. The number of hydrogen-bond acceptors (Lipinski definition) is 4. The van der Waals surface area contributed by atoms with E-state index in [0.717, 1.165) is 38.2 Å². The van der Waals surface area contributed by atoms with Crippen molar-refractivity contribution in [3.8, 4) is 0 Å². The van der Waals surface area contributed by atoms with Gasteiger partial charge in [-0.2, -0.15) is 0 Å². The number of ether oxygens (including phenoxy) is 1. The van der Waals surface area contributed by atoms with Gasteiger partial charge in [-0.25, -0.2) is 0 Å². The van der Waals surface area contributed by atoms with Crippen molar-refractivity contribution in [3.05, 3.63) is 66.2 Å². The highest BCUT2D eigenvalue weighted by molar-refractivity contribution is 5.93. The van der Waals surface area contributed by atoms with E-state index >= 15 is 0 Å². The highest BCUT2D eigenvalue weighted by atomic mass is 16.5. The summed E-state index contributed by atoms with van der Waals surface area (Å²) in [6.45, 7) is 4.96. The molecule has 5 nitrogen and oxygen atoms in total. The Hall–Kier alpha value is -2.66. The van der Waals surface area contributed by atoms with Crippen molar-refractivity contribution >= 4 is 17.6 Å². The molecule has 0 aromatic heterocycles. The summed E-state index contributed by atoms with van der Waals surface area (Å²) in [5.74, 6) is -0.0612. The molecule has 0 aliphatic carbocycles. The van der Waals surface area contributed by atoms with Crippen LogP contribution in [0.4, 0.5) is 5.69 Å². The predicted octanol–water partition coefficient (Wildman–Crippen LogP) is 3.93. The van der Waals surface area contributed by atoms with Crippen LogP contribution in [0.5, 0.6) is 0 Å². The summed E-state index contributed by atoms with van der Waals surface area (Å²) in [6, 6.07) is 20.2. The second-order valence-electron chi connectivity index (χ2n) is 6.99. The van der Waals surface area contributed by atoms with Crippen LogP contribution in [0.2, 0.25) is 0 Å². The number of amides is 1. The summed E-state index contributed by atoms with van der Waals surface area (Å²) in [7, 11) is 1.42. The van der Waals surface area contributed by atoms with Gasteiger partial charge in [-0.1, -0.05) is 55.5 Å². The number of para-hydroxylation sites is 1. The SMILES string of the molecule is CCC(=O)N(CCN(CCCC(=O)OC)CCc1ccccc1)c1ccccc1. The molecule has 0 aliphatic heterocycles. The van der Waals surface area contributed by atoms with Gasteiger partial charge in [0.1, 0.15) is 0 Å². The molecule has 2 rings (SSSR count). The third-order valence-electron chi connectivity index (χ3n) is 4.95. The van der Waals surface area contributed by atoms with Crippen LogP contribution in [0.1, 0.15) is 31.7 Å². The van der Waals surface area contributed by atoms with E-state index in [2.05, 4.69) is 17.0 Å². The Balaban J connectivity index is 1.99. The number of hydrogen-bond donors (Lipinski definition) is 0. The Labute approximate surface area is 174 Å². The van der Waals surface area contributed by atoms with E-state index in [-0.39, 0.29) is 11.9 Å². The molecule has 0 fully saturated rings. The molecule has 0 N–H and O–H groups in total. The summed E-state index contributed by atoms with van der Waals surface area (Å²) in [4.78, 5) is 28.1. The lowest BCUT2D eigenvalue weighted by Crippen LogP contribution is -2.39. The first-order valence-electron chi connectivity index (χ1n) is 10.3. The number of esters is 1. The van der Waals surface area contributed by atoms with Gasteiger partial charge in [-0.05, 0) is 37.1 Å². The van der Waals surface area contributed by atoms with Crippen molar-refractivity contribution in [2.45, 2.75) is 32.6 Å². The van der Waals surface area contributed by atoms with Crippen LogP contribution >= 0.6 is 0 Å². The number of anilines is 1. The van der Waals surface area contributed by atoms with Gasteiger partial charge in [0.05, 0.1) is 7.11 Å². The Morgan fingerprint density at radius 3 is 2.14 bits per heavy atom. The maximum atomic E-state index is 12.5. The third-order valence-corrected chi connectivity index (χ3v) is 4.95. The molecule has 0 saturated carbocycles. The molecule has 5 heteroatoms. The summed E-state index contributed by atoms with van der Waals surface area (Å²) >= 11 is 0. The van der Waals surface area contributed by atoms with Crippen molar-refractivity contribution in [1.82, 2.24) is 4.90 Å². The molecule has 0 radical (unpaired) electrons. The van der Waals surface area contributed by atoms with Gasteiger partial charge in [-0.15, -0.1) is 0 Å². The molecular weight excluding hydrogens is 364 g/mol. The Morgan fingerprint density at radius 2 is 1.52 bits per heavy atom. The Kier molecular flexibility index (Phi) is 9.93. The zero-order chi connectivity index (χ0) is 20.9. The molecular formula is C24H32N2O3. The summed E-state index contributed by atoms with van der Waals surface area (Å²) < 4.78 is 4.75. The minimum atomic E-state index is -0.180. The quantitative estimate of drug-likeness (QED) is 0.510. The van der Waals surface area contributed by atoms with E-state index in [4.69, 9.17) is 4.74 Å². The van der Waals surface area contributed by atoms with E-state index in [0.29, 0.717) is 19.4 Å². The lowest BCUT2D eigenvalue weighted by atomic mass is 10.1. The fourth-order valence-electron chi connectivity index (χ4n) is 3.25. The van der Waals surface area contributed by atoms with Crippen LogP contribution in [0, 0.1) is 0 Å². The lowest BCUT2D eigenvalue weighted by Gasteiger charge is -2.28. The van der Waals surface area contributed by atoms with Crippen LogP contribution in [0.25, 0.3) is 0 Å². The Bertz CT molecular complexity index is 734. The lowest BCUT2D eigenvalue weighted by molar-refractivity contribution is -0.140. The maximum absolute atomic E-state index is 12.5. The van der Waals surface area contributed by atoms with E-state index in [1.165, 1.54) is 12.7 Å². The van der Waals surface area contributed by atoms with Crippen LogP contribution < -0.4 is 4.90 Å². The highest BCUT2D eigenvalue weighted by Gasteiger charge is 2.16. The van der Waals surface area contributed by atoms with Crippen molar-refractivity contribution in [3.63, 3.8) is 0 Å². The summed E-state index contributed by atoms with van der Waals surface area (Å²) in [5.41, 5.74) is 2.21. The second kappa shape index (κ2) is 12.7. The first kappa shape index (κ1) is 22.6. The molecule has 2 aromatic rings. The van der Waals surface area contributed by atoms with Crippen molar-refractivity contribution < 1.29 is 14.3 Å². The van der Waals surface area contributed by atoms with Gasteiger partial charge in [-0.3, -0.25) is 9.59 Å². The minimum Gasteiger partial charge on any atom is -0.469 e. The molecule has 0 saturated heterocycles. The van der Waals surface area contributed by atoms with Gasteiger partial charge < -0.3 is 14.5 Å². The zero-order valence-electron chi connectivity index (χ0n) is 17.5. The third kappa shape index (κ3) is 8.08. The van der Waals surface area contributed by atoms with Gasteiger partial charge in [0, 0.05) is 38.2 Å². The number of carbonyl (C=O) groups is 2. The monoisotopic (exact) mass is 396 g/mol. The standard InChI is InChI=1S/C24H32N2O3/c1-3-23(27)26(22-13-8-5-9-14-22)20-19-25(17-10-15-24(28)29-2)18-16-21-11-6-4-7-12-21/h4-9,11-14H,3,10,15-20H2,1-2H3. The van der Waals surface area contributed by atoms with Gasteiger partial charge >= 0.3 is 5.97 Å². The average Bonchev–Trinajstić information content (AvgIpc) is 2.78. The normalized spacial score (nSPS) is 10.7. The molecule has 156 valence electrons. The maximum Gasteiger partial charge on any atom is 0.305 e. The average molecular weight is 397 g/mol. The van der Waals surface area contributed by atoms with E-state index < -0.39 is 0 Å². The first-order valence-corrected chi connectivity index (χ1v) is 10.3. The number of methoxy groups -OCH3 is 1. The molecule has 29 heavy (non-hydrogen) atoms. The van der Waals surface area contributed by atoms with E-state index in [9.17, 15) is 9.59 Å². The Morgan fingerprint density at radius 1 is 0.862 bits per heavy atom. The van der Waals surface area contributed by atoms with Gasteiger partial charge in [0.15, 0.2) is 0 Å². The summed E-state index contributed by atoms with van der Waals surface area (Å²) in [5, 5.41) is 0. The van der Waals surface area contributed by atoms with Crippen molar-refractivity contribution in [2.24, 2.45) is 0 Å². The first-order chi connectivity index (χ1) is 14.1. The van der Waals surface area contributed by atoms with Crippen LogP contribution in [0.15, 0.2) is 60.7 Å². The molecule has 0 atom stereocenters. The van der Waals surface area contributed by atoms with E-state index in [1.54, 1.807) is 0 Å². The number of benzene rings is 2. The zero-order valence-corrected chi connectivity index (χ0v) is 17.5. The van der Waals surface area contributed by atoms with Crippen LogP contribution in [-0.2, 0) is 20.7 Å².